The van der Waals surface area contributed by atoms with Gasteiger partial charge in [-0.3, -0.25) is 4.90 Å². The second kappa shape index (κ2) is 5.58. The van der Waals surface area contributed by atoms with Gasteiger partial charge in [0.05, 0.1) is 0 Å². The maximum absolute atomic E-state index is 2.59. The van der Waals surface area contributed by atoms with E-state index < -0.39 is 0 Å². The standard InChI is InChI=1S/C18H21N/c1-15(17-10-6-3-7-11-17)18-14-19(18)13-12-16-8-4-2-5-9-16/h2-11,15,18H,12-14H2,1H3. The van der Waals surface area contributed by atoms with Crippen molar-refractivity contribution in [2.75, 3.05) is 13.1 Å². The van der Waals surface area contributed by atoms with Crippen molar-refractivity contribution in [1.29, 1.82) is 0 Å². The van der Waals surface area contributed by atoms with Crippen LogP contribution in [0.4, 0.5) is 0 Å². The van der Waals surface area contributed by atoms with Gasteiger partial charge in [-0.15, -0.1) is 0 Å². The molecule has 19 heavy (non-hydrogen) atoms. The maximum atomic E-state index is 2.59. The highest BCUT2D eigenvalue weighted by Gasteiger charge is 2.38. The normalized spacial score (nSPS) is 23.0. The van der Waals surface area contributed by atoms with E-state index in [0.29, 0.717) is 5.92 Å². The van der Waals surface area contributed by atoms with Gasteiger partial charge in [0.15, 0.2) is 0 Å². The van der Waals surface area contributed by atoms with Crippen LogP contribution >= 0.6 is 0 Å². The first-order chi connectivity index (χ1) is 9.34. The molecule has 1 saturated heterocycles. The fraction of sp³-hybridized carbons (Fsp3) is 0.333. The van der Waals surface area contributed by atoms with Crippen molar-refractivity contribution in [2.24, 2.45) is 0 Å². The Morgan fingerprint density at radius 2 is 1.63 bits per heavy atom. The molecule has 0 saturated carbocycles. The summed E-state index contributed by atoms with van der Waals surface area (Å²) in [6.07, 6.45) is 1.17. The Bertz CT molecular complexity index is 506. The summed E-state index contributed by atoms with van der Waals surface area (Å²) >= 11 is 0. The third-order valence-electron chi connectivity index (χ3n) is 4.19. The molecule has 98 valence electrons. The van der Waals surface area contributed by atoms with Crippen molar-refractivity contribution in [3.8, 4) is 0 Å². The molecule has 0 aliphatic carbocycles. The van der Waals surface area contributed by atoms with Crippen molar-refractivity contribution < 1.29 is 0 Å². The number of benzene rings is 2. The summed E-state index contributed by atoms with van der Waals surface area (Å²) in [5.74, 6) is 0.650. The van der Waals surface area contributed by atoms with Crippen LogP contribution < -0.4 is 0 Å². The Morgan fingerprint density at radius 3 is 2.32 bits per heavy atom. The van der Waals surface area contributed by atoms with E-state index in [9.17, 15) is 0 Å². The van der Waals surface area contributed by atoms with Gasteiger partial charge in [-0.05, 0) is 23.5 Å². The Kier molecular flexibility index (Phi) is 3.65. The Balaban J connectivity index is 1.51. The van der Waals surface area contributed by atoms with Crippen LogP contribution in [-0.4, -0.2) is 24.0 Å². The summed E-state index contributed by atoms with van der Waals surface area (Å²) in [5.41, 5.74) is 2.91. The van der Waals surface area contributed by atoms with Crippen molar-refractivity contribution in [1.82, 2.24) is 4.90 Å². The van der Waals surface area contributed by atoms with Gasteiger partial charge in [0.1, 0.15) is 0 Å². The number of hydrogen-bond acceptors (Lipinski definition) is 1. The van der Waals surface area contributed by atoms with Gasteiger partial charge in [-0.25, -0.2) is 0 Å². The lowest BCUT2D eigenvalue weighted by molar-refractivity contribution is 0.479. The summed E-state index contributed by atoms with van der Waals surface area (Å²) in [5, 5.41) is 0. The largest absolute Gasteiger partial charge is 0.297 e. The first-order valence-electron chi connectivity index (χ1n) is 7.17. The molecule has 0 aromatic heterocycles. The van der Waals surface area contributed by atoms with Crippen LogP contribution in [0.5, 0.6) is 0 Å². The maximum Gasteiger partial charge on any atom is 0.0290 e. The minimum atomic E-state index is 0.650. The first-order valence-corrected chi connectivity index (χ1v) is 7.17. The second-order valence-corrected chi connectivity index (χ2v) is 5.50. The fourth-order valence-electron chi connectivity index (χ4n) is 2.82. The number of rotatable bonds is 5. The molecule has 1 aliphatic rings. The van der Waals surface area contributed by atoms with Crippen molar-refractivity contribution in [3.63, 3.8) is 0 Å². The molecule has 0 bridgehead atoms. The van der Waals surface area contributed by atoms with Gasteiger partial charge in [0.25, 0.3) is 0 Å². The number of nitrogens with zero attached hydrogens (tertiary/aromatic N) is 1. The zero-order valence-electron chi connectivity index (χ0n) is 11.5. The molecule has 3 atom stereocenters. The van der Waals surface area contributed by atoms with Crippen LogP contribution in [0, 0.1) is 0 Å². The minimum absolute atomic E-state index is 0.650. The van der Waals surface area contributed by atoms with Gasteiger partial charge < -0.3 is 0 Å². The summed E-state index contributed by atoms with van der Waals surface area (Å²) in [6, 6.07) is 22.4. The number of hydrogen-bond donors (Lipinski definition) is 0. The van der Waals surface area contributed by atoms with E-state index in [2.05, 4.69) is 72.5 Å². The summed E-state index contributed by atoms with van der Waals surface area (Å²) in [7, 11) is 0. The van der Waals surface area contributed by atoms with E-state index in [4.69, 9.17) is 0 Å². The van der Waals surface area contributed by atoms with E-state index in [0.717, 1.165) is 6.04 Å². The monoisotopic (exact) mass is 251 g/mol. The zero-order chi connectivity index (χ0) is 13.1. The van der Waals surface area contributed by atoms with Gasteiger partial charge in [-0.2, -0.15) is 0 Å². The van der Waals surface area contributed by atoms with E-state index in [-0.39, 0.29) is 0 Å². The molecule has 1 heteroatoms. The molecule has 1 aliphatic heterocycles. The molecule has 0 radical (unpaired) electrons. The van der Waals surface area contributed by atoms with Gasteiger partial charge in [-0.1, -0.05) is 67.6 Å². The molecule has 0 amide bonds. The molecule has 0 spiro atoms. The van der Waals surface area contributed by atoms with E-state index in [1.807, 2.05) is 0 Å². The summed E-state index contributed by atoms with van der Waals surface area (Å²) in [4.78, 5) is 2.59. The van der Waals surface area contributed by atoms with Crippen LogP contribution in [0.25, 0.3) is 0 Å². The predicted molar refractivity (Wildman–Crippen MR) is 80.4 cm³/mol. The SMILES string of the molecule is CC(c1ccccc1)C1CN1CCc1ccccc1. The molecule has 2 aromatic rings. The highest BCUT2D eigenvalue weighted by Crippen LogP contribution is 2.32. The predicted octanol–water partition coefficient (Wildman–Crippen LogP) is 3.72. The Labute approximate surface area is 115 Å². The average molecular weight is 251 g/mol. The van der Waals surface area contributed by atoms with Gasteiger partial charge in [0.2, 0.25) is 0 Å². The van der Waals surface area contributed by atoms with Crippen LogP contribution in [-0.2, 0) is 6.42 Å². The highest BCUT2D eigenvalue weighted by atomic mass is 15.3. The molecule has 1 nitrogen and oxygen atoms in total. The third kappa shape index (κ3) is 3.05. The summed E-state index contributed by atoms with van der Waals surface area (Å²) < 4.78 is 0. The average Bonchev–Trinajstić information content (AvgIpc) is 3.26. The molecule has 1 fully saturated rings. The fourth-order valence-corrected chi connectivity index (χ4v) is 2.82. The zero-order valence-corrected chi connectivity index (χ0v) is 11.5. The van der Waals surface area contributed by atoms with Crippen LogP contribution in [0.15, 0.2) is 60.7 Å². The molecule has 0 N–H and O–H groups in total. The molecule has 2 aromatic carbocycles. The van der Waals surface area contributed by atoms with E-state index in [1.165, 1.54) is 30.6 Å². The molecule has 3 unspecified atom stereocenters. The minimum Gasteiger partial charge on any atom is -0.297 e. The third-order valence-corrected chi connectivity index (χ3v) is 4.19. The second-order valence-electron chi connectivity index (χ2n) is 5.50. The lowest BCUT2D eigenvalue weighted by Gasteiger charge is -2.12. The van der Waals surface area contributed by atoms with Crippen LogP contribution in [0.2, 0.25) is 0 Å². The van der Waals surface area contributed by atoms with Crippen molar-refractivity contribution in [2.45, 2.75) is 25.3 Å². The summed E-state index contributed by atoms with van der Waals surface area (Å²) in [6.45, 7) is 4.79. The highest BCUT2D eigenvalue weighted by molar-refractivity contribution is 5.23. The lowest BCUT2D eigenvalue weighted by Crippen LogP contribution is -2.11. The van der Waals surface area contributed by atoms with Crippen LogP contribution in [0.3, 0.4) is 0 Å². The Morgan fingerprint density at radius 1 is 1.00 bits per heavy atom. The topological polar surface area (TPSA) is 3.01 Å². The lowest BCUT2D eigenvalue weighted by atomic mass is 9.98. The Hall–Kier alpha value is -1.60. The quantitative estimate of drug-likeness (QED) is 0.732. The van der Waals surface area contributed by atoms with Crippen molar-refractivity contribution in [3.05, 3.63) is 71.8 Å². The van der Waals surface area contributed by atoms with Crippen LogP contribution in [0.1, 0.15) is 24.0 Å². The molecular weight excluding hydrogens is 230 g/mol. The molecule has 1 heterocycles. The van der Waals surface area contributed by atoms with Crippen molar-refractivity contribution >= 4 is 0 Å². The molecular formula is C18H21N. The van der Waals surface area contributed by atoms with E-state index >= 15 is 0 Å². The van der Waals surface area contributed by atoms with Gasteiger partial charge in [0, 0.05) is 19.1 Å². The first kappa shape index (κ1) is 12.4. The smallest absolute Gasteiger partial charge is 0.0290 e. The van der Waals surface area contributed by atoms with E-state index in [1.54, 1.807) is 0 Å². The molecule has 3 rings (SSSR count). The van der Waals surface area contributed by atoms with Gasteiger partial charge >= 0.3 is 0 Å².